The van der Waals surface area contributed by atoms with Crippen LogP contribution in [0.4, 0.5) is 4.39 Å². The summed E-state index contributed by atoms with van der Waals surface area (Å²) in [6.45, 7) is 3.62. The van der Waals surface area contributed by atoms with Crippen molar-refractivity contribution in [1.82, 2.24) is 4.98 Å². The van der Waals surface area contributed by atoms with Crippen LogP contribution >= 0.6 is 34.8 Å². The topological polar surface area (TPSA) is 12.9 Å². The first-order valence-corrected chi connectivity index (χ1v) is 6.32. The summed E-state index contributed by atoms with van der Waals surface area (Å²) in [5, 5.41) is 0.626. The molecule has 1 aromatic heterocycles. The molecule has 0 spiro atoms. The smallest absolute Gasteiger partial charge is 0.148 e. The molecule has 2 aromatic rings. The van der Waals surface area contributed by atoms with Gasteiger partial charge in [-0.3, -0.25) is 0 Å². The zero-order valence-electron chi connectivity index (χ0n) is 9.69. The van der Waals surface area contributed by atoms with Gasteiger partial charge in [-0.1, -0.05) is 40.9 Å². The molecule has 0 aliphatic carbocycles. The summed E-state index contributed by atoms with van der Waals surface area (Å²) < 4.78 is 14.0. The molecule has 0 radical (unpaired) electrons. The fourth-order valence-electron chi connectivity index (χ4n) is 1.84. The molecule has 0 unspecified atom stereocenters. The summed E-state index contributed by atoms with van der Waals surface area (Å²) in [6, 6.07) is 4.76. The highest BCUT2D eigenvalue weighted by Gasteiger charge is 2.16. The number of pyridine rings is 1. The molecule has 5 heteroatoms. The van der Waals surface area contributed by atoms with Gasteiger partial charge in [-0.15, -0.1) is 0 Å². The van der Waals surface area contributed by atoms with Gasteiger partial charge in [0.25, 0.3) is 0 Å². The molecule has 2 rings (SSSR count). The SMILES string of the molecule is Cc1cc(C)c(-c2nc(Cl)c(Cl)cc2Cl)c(F)c1. The van der Waals surface area contributed by atoms with Crippen molar-refractivity contribution in [3.63, 3.8) is 0 Å². The Morgan fingerprint density at radius 3 is 2.28 bits per heavy atom. The first-order chi connectivity index (χ1) is 8.40. The highest BCUT2D eigenvalue weighted by atomic mass is 35.5. The van der Waals surface area contributed by atoms with Crippen LogP contribution in [-0.4, -0.2) is 4.98 Å². The van der Waals surface area contributed by atoms with Crippen LogP contribution in [0.2, 0.25) is 15.2 Å². The van der Waals surface area contributed by atoms with Crippen LogP contribution in [0.3, 0.4) is 0 Å². The second-order valence-electron chi connectivity index (χ2n) is 4.03. The molecule has 0 saturated carbocycles. The molecular weight excluding hydrogens is 296 g/mol. The fraction of sp³-hybridized carbons (Fsp3) is 0.154. The molecule has 0 fully saturated rings. The lowest BCUT2D eigenvalue weighted by Gasteiger charge is -2.10. The highest BCUT2D eigenvalue weighted by Crippen LogP contribution is 2.35. The number of halogens is 4. The molecule has 1 heterocycles. The number of benzene rings is 1. The van der Waals surface area contributed by atoms with Crippen LogP contribution in [0.5, 0.6) is 0 Å². The van der Waals surface area contributed by atoms with Gasteiger partial charge in [-0.05, 0) is 37.1 Å². The molecule has 0 amide bonds. The van der Waals surface area contributed by atoms with E-state index in [9.17, 15) is 4.39 Å². The Balaban J connectivity index is 2.73. The minimum Gasteiger partial charge on any atom is -0.233 e. The molecule has 0 atom stereocenters. The van der Waals surface area contributed by atoms with Gasteiger partial charge in [0.05, 0.1) is 15.7 Å². The summed E-state index contributed by atoms with van der Waals surface area (Å²) in [7, 11) is 0. The predicted molar refractivity (Wildman–Crippen MR) is 74.1 cm³/mol. The summed E-state index contributed by atoms with van der Waals surface area (Å²) in [5.41, 5.74) is 2.25. The van der Waals surface area contributed by atoms with Crippen molar-refractivity contribution in [2.45, 2.75) is 13.8 Å². The number of aromatic nitrogens is 1. The second kappa shape index (κ2) is 5.04. The van der Waals surface area contributed by atoms with Gasteiger partial charge in [0.1, 0.15) is 11.0 Å². The average molecular weight is 305 g/mol. The third kappa shape index (κ3) is 2.46. The first-order valence-electron chi connectivity index (χ1n) is 5.19. The van der Waals surface area contributed by atoms with E-state index in [1.54, 1.807) is 6.92 Å². The van der Waals surface area contributed by atoms with Crippen molar-refractivity contribution in [1.29, 1.82) is 0 Å². The number of hydrogen-bond acceptors (Lipinski definition) is 1. The van der Waals surface area contributed by atoms with Crippen molar-refractivity contribution < 1.29 is 4.39 Å². The monoisotopic (exact) mass is 303 g/mol. The van der Waals surface area contributed by atoms with E-state index in [1.165, 1.54) is 12.1 Å². The number of aryl methyl sites for hydroxylation is 2. The Morgan fingerprint density at radius 2 is 1.67 bits per heavy atom. The maximum absolute atomic E-state index is 14.0. The lowest BCUT2D eigenvalue weighted by molar-refractivity contribution is 0.628. The largest absolute Gasteiger partial charge is 0.233 e. The molecule has 0 saturated heterocycles. The van der Waals surface area contributed by atoms with Crippen LogP contribution in [0.25, 0.3) is 11.3 Å². The number of nitrogens with zero attached hydrogens (tertiary/aromatic N) is 1. The van der Waals surface area contributed by atoms with E-state index in [2.05, 4.69) is 4.98 Å². The minimum atomic E-state index is -0.375. The van der Waals surface area contributed by atoms with Crippen molar-refractivity contribution in [2.24, 2.45) is 0 Å². The zero-order valence-corrected chi connectivity index (χ0v) is 12.0. The van der Waals surface area contributed by atoms with Crippen molar-refractivity contribution in [3.05, 3.63) is 50.3 Å². The Bertz CT molecular complexity index is 603. The molecule has 0 bridgehead atoms. The summed E-state index contributed by atoms with van der Waals surface area (Å²) in [5.74, 6) is -0.375. The summed E-state index contributed by atoms with van der Waals surface area (Å²) >= 11 is 17.7. The zero-order chi connectivity index (χ0) is 13.4. The predicted octanol–water partition coefficient (Wildman–Crippen LogP) is 5.46. The molecule has 0 N–H and O–H groups in total. The van der Waals surface area contributed by atoms with E-state index in [0.29, 0.717) is 11.3 Å². The van der Waals surface area contributed by atoms with E-state index in [0.717, 1.165) is 11.1 Å². The normalized spacial score (nSPS) is 10.8. The molecule has 18 heavy (non-hydrogen) atoms. The quantitative estimate of drug-likeness (QED) is 0.637. The van der Waals surface area contributed by atoms with Crippen molar-refractivity contribution >= 4 is 34.8 Å². The van der Waals surface area contributed by atoms with Gasteiger partial charge in [-0.25, -0.2) is 9.37 Å². The third-order valence-corrected chi connectivity index (χ3v) is 3.52. The molecule has 94 valence electrons. The van der Waals surface area contributed by atoms with Crippen LogP contribution in [0.15, 0.2) is 18.2 Å². The summed E-state index contributed by atoms with van der Waals surface area (Å²) in [6.07, 6.45) is 0. The molecule has 1 aromatic carbocycles. The van der Waals surface area contributed by atoms with E-state index in [4.69, 9.17) is 34.8 Å². The third-order valence-electron chi connectivity index (χ3n) is 2.56. The van der Waals surface area contributed by atoms with Gasteiger partial charge in [0, 0.05) is 5.56 Å². The van der Waals surface area contributed by atoms with Crippen molar-refractivity contribution in [3.8, 4) is 11.3 Å². The summed E-state index contributed by atoms with van der Waals surface area (Å²) in [4.78, 5) is 4.06. The highest BCUT2D eigenvalue weighted by molar-refractivity contribution is 6.43. The number of hydrogen-bond donors (Lipinski definition) is 0. The van der Waals surface area contributed by atoms with E-state index < -0.39 is 0 Å². The first kappa shape index (κ1) is 13.6. The Kier molecular flexibility index (Phi) is 3.81. The Labute approximate surface area is 120 Å². The molecular formula is C13H9Cl3FN. The van der Waals surface area contributed by atoms with Gasteiger partial charge < -0.3 is 0 Å². The molecule has 0 aliphatic rings. The van der Waals surface area contributed by atoms with Gasteiger partial charge in [0.2, 0.25) is 0 Å². The maximum atomic E-state index is 14.0. The second-order valence-corrected chi connectivity index (χ2v) is 5.20. The van der Waals surface area contributed by atoms with Crippen LogP contribution < -0.4 is 0 Å². The molecule has 1 nitrogen and oxygen atoms in total. The minimum absolute atomic E-state index is 0.107. The lowest BCUT2D eigenvalue weighted by Crippen LogP contribution is -1.95. The van der Waals surface area contributed by atoms with E-state index >= 15 is 0 Å². The maximum Gasteiger partial charge on any atom is 0.148 e. The van der Waals surface area contributed by atoms with E-state index in [1.807, 2.05) is 13.0 Å². The fourth-order valence-corrected chi connectivity index (χ4v) is 2.43. The van der Waals surface area contributed by atoms with Crippen LogP contribution in [0.1, 0.15) is 11.1 Å². The van der Waals surface area contributed by atoms with Gasteiger partial charge in [0.15, 0.2) is 0 Å². The Hall–Kier alpha value is -0.830. The Morgan fingerprint density at radius 1 is 1.00 bits per heavy atom. The van der Waals surface area contributed by atoms with Gasteiger partial charge in [-0.2, -0.15) is 0 Å². The van der Waals surface area contributed by atoms with Crippen molar-refractivity contribution in [2.75, 3.05) is 0 Å². The van der Waals surface area contributed by atoms with Crippen LogP contribution in [0, 0.1) is 19.7 Å². The number of rotatable bonds is 1. The lowest BCUT2D eigenvalue weighted by atomic mass is 10.0. The molecule has 0 aliphatic heterocycles. The average Bonchev–Trinajstić information content (AvgIpc) is 2.24. The standard InChI is InChI=1S/C13H9Cl3FN/c1-6-3-7(2)11(10(17)4-6)12-8(14)5-9(15)13(16)18-12/h3-5H,1-2H3. The van der Waals surface area contributed by atoms with E-state index in [-0.39, 0.29) is 21.0 Å². The van der Waals surface area contributed by atoms with Crippen LogP contribution in [-0.2, 0) is 0 Å². The van der Waals surface area contributed by atoms with Gasteiger partial charge >= 0.3 is 0 Å².